The molecule has 7 nitrogen and oxygen atoms in total. The van der Waals surface area contributed by atoms with E-state index in [1.54, 1.807) is 32.9 Å². The first kappa shape index (κ1) is 18.5. The van der Waals surface area contributed by atoms with Gasteiger partial charge in [-0.2, -0.15) is 0 Å². The smallest absolute Gasteiger partial charge is 0.412 e. The van der Waals surface area contributed by atoms with Crippen LogP contribution in [0.3, 0.4) is 0 Å². The molecule has 0 heterocycles. The van der Waals surface area contributed by atoms with E-state index >= 15 is 0 Å². The van der Waals surface area contributed by atoms with Gasteiger partial charge >= 0.3 is 12.1 Å². The third-order valence-corrected chi connectivity index (χ3v) is 2.91. The molecule has 0 fully saturated rings. The monoisotopic (exact) mass is 322 g/mol. The lowest BCUT2D eigenvalue weighted by Gasteiger charge is -2.21. The quantitative estimate of drug-likeness (QED) is 0.790. The maximum atomic E-state index is 12.1. The third-order valence-electron chi connectivity index (χ3n) is 2.91. The van der Waals surface area contributed by atoms with Crippen LogP contribution >= 0.6 is 0 Å². The second-order valence-electron chi connectivity index (χ2n) is 6.19. The van der Waals surface area contributed by atoms with E-state index in [0.717, 1.165) is 11.1 Å². The number of carboxylic acids is 1. The van der Waals surface area contributed by atoms with Crippen LogP contribution < -0.4 is 10.6 Å². The molecule has 0 aliphatic carbocycles. The van der Waals surface area contributed by atoms with Crippen LogP contribution in [0.1, 0.15) is 42.3 Å². The van der Waals surface area contributed by atoms with Crippen molar-refractivity contribution < 1.29 is 24.2 Å². The molecule has 0 aromatic heterocycles. The molecule has 1 rings (SSSR count). The van der Waals surface area contributed by atoms with E-state index in [-0.39, 0.29) is 11.3 Å². The Hall–Kier alpha value is -2.57. The lowest BCUT2D eigenvalue weighted by Crippen LogP contribution is -2.31. The van der Waals surface area contributed by atoms with Gasteiger partial charge in [0.05, 0.1) is 11.3 Å². The Morgan fingerprint density at radius 2 is 1.70 bits per heavy atom. The standard InChI is InChI=1S/C16H22N2O5/c1-9-6-11(14(21)17-8-13(19)20)12(7-10(9)2)18-15(22)23-16(3,4)5/h6-7H,8H2,1-5H3,(H,17,21)(H,18,22)(H,19,20). The predicted molar refractivity (Wildman–Crippen MR) is 85.7 cm³/mol. The highest BCUT2D eigenvalue weighted by molar-refractivity contribution is 6.03. The number of carbonyl (C=O) groups excluding carboxylic acids is 2. The number of benzene rings is 1. The predicted octanol–water partition coefficient (Wildman–Crippen LogP) is 2.46. The summed E-state index contributed by atoms with van der Waals surface area (Å²) in [4.78, 5) is 34.6. The maximum Gasteiger partial charge on any atom is 0.412 e. The molecule has 0 aliphatic rings. The molecule has 0 unspecified atom stereocenters. The second-order valence-corrected chi connectivity index (χ2v) is 6.19. The molecular weight excluding hydrogens is 300 g/mol. The van der Waals surface area contributed by atoms with E-state index in [2.05, 4.69) is 10.6 Å². The Bertz CT molecular complexity index is 632. The maximum absolute atomic E-state index is 12.1. The SMILES string of the molecule is Cc1cc(NC(=O)OC(C)(C)C)c(C(=O)NCC(=O)O)cc1C. The normalized spacial score (nSPS) is 10.8. The van der Waals surface area contributed by atoms with Crippen LogP contribution in [0.15, 0.2) is 12.1 Å². The van der Waals surface area contributed by atoms with Gasteiger partial charge in [-0.05, 0) is 57.9 Å². The summed E-state index contributed by atoms with van der Waals surface area (Å²) in [6.07, 6.45) is -0.687. The molecule has 0 saturated carbocycles. The van der Waals surface area contributed by atoms with E-state index in [0.29, 0.717) is 0 Å². The van der Waals surface area contributed by atoms with Crippen molar-refractivity contribution in [1.29, 1.82) is 0 Å². The minimum Gasteiger partial charge on any atom is -0.480 e. The van der Waals surface area contributed by atoms with Crippen LogP contribution in [0.5, 0.6) is 0 Å². The summed E-state index contributed by atoms with van der Waals surface area (Å²) in [5.74, 6) is -1.73. The summed E-state index contributed by atoms with van der Waals surface area (Å²) >= 11 is 0. The Balaban J connectivity index is 3.05. The second kappa shape index (κ2) is 7.13. The minimum absolute atomic E-state index is 0.181. The highest BCUT2D eigenvalue weighted by atomic mass is 16.6. The van der Waals surface area contributed by atoms with Crippen molar-refractivity contribution in [3.8, 4) is 0 Å². The van der Waals surface area contributed by atoms with E-state index in [1.807, 2.05) is 13.8 Å². The Kier molecular flexibility index (Phi) is 5.73. The number of amides is 2. The van der Waals surface area contributed by atoms with Crippen LogP contribution in [0, 0.1) is 13.8 Å². The number of rotatable bonds is 4. The zero-order chi connectivity index (χ0) is 17.8. The topological polar surface area (TPSA) is 105 Å². The Morgan fingerprint density at radius 1 is 1.13 bits per heavy atom. The minimum atomic E-state index is -1.15. The summed E-state index contributed by atoms with van der Waals surface area (Å²) in [6, 6.07) is 3.24. The molecule has 1 aromatic carbocycles. The van der Waals surface area contributed by atoms with Crippen molar-refractivity contribution in [2.75, 3.05) is 11.9 Å². The lowest BCUT2D eigenvalue weighted by molar-refractivity contribution is -0.135. The number of aliphatic carboxylic acids is 1. The van der Waals surface area contributed by atoms with Gasteiger partial charge in [0.2, 0.25) is 0 Å². The summed E-state index contributed by atoms with van der Waals surface area (Å²) < 4.78 is 5.17. The van der Waals surface area contributed by atoms with Crippen LogP contribution in [0.25, 0.3) is 0 Å². The van der Waals surface area contributed by atoms with Gasteiger partial charge in [-0.3, -0.25) is 14.9 Å². The molecule has 126 valence electrons. The van der Waals surface area contributed by atoms with Gasteiger partial charge in [-0.1, -0.05) is 0 Å². The Morgan fingerprint density at radius 3 is 2.22 bits per heavy atom. The molecule has 23 heavy (non-hydrogen) atoms. The highest BCUT2D eigenvalue weighted by Crippen LogP contribution is 2.22. The molecule has 0 spiro atoms. The number of nitrogens with one attached hydrogen (secondary N) is 2. The fraction of sp³-hybridized carbons (Fsp3) is 0.438. The van der Waals surface area contributed by atoms with Gasteiger partial charge in [0.25, 0.3) is 5.91 Å². The van der Waals surface area contributed by atoms with Crippen molar-refractivity contribution in [2.45, 2.75) is 40.2 Å². The summed E-state index contributed by atoms with van der Waals surface area (Å²) in [7, 11) is 0. The van der Waals surface area contributed by atoms with Gasteiger partial charge < -0.3 is 15.2 Å². The number of carboxylic acid groups (broad SMARTS) is 1. The molecule has 2 amide bonds. The van der Waals surface area contributed by atoms with Gasteiger partial charge in [-0.25, -0.2) is 4.79 Å². The van der Waals surface area contributed by atoms with Crippen molar-refractivity contribution in [3.05, 3.63) is 28.8 Å². The van der Waals surface area contributed by atoms with Gasteiger partial charge in [0, 0.05) is 0 Å². The van der Waals surface area contributed by atoms with Crippen LogP contribution in [0.4, 0.5) is 10.5 Å². The molecule has 1 aromatic rings. The fourth-order valence-corrected chi connectivity index (χ4v) is 1.77. The summed E-state index contributed by atoms with van der Waals surface area (Å²) in [5, 5.41) is 13.5. The molecule has 7 heteroatoms. The first-order valence-electron chi connectivity index (χ1n) is 7.11. The summed E-state index contributed by atoms with van der Waals surface area (Å²) in [6.45, 7) is 8.35. The molecule has 0 radical (unpaired) electrons. The summed E-state index contributed by atoms with van der Waals surface area (Å²) in [5.41, 5.74) is 1.51. The van der Waals surface area contributed by atoms with Gasteiger partial charge in [-0.15, -0.1) is 0 Å². The number of aryl methyl sites for hydroxylation is 2. The zero-order valence-electron chi connectivity index (χ0n) is 13.9. The van der Waals surface area contributed by atoms with Crippen LogP contribution in [-0.4, -0.2) is 35.2 Å². The van der Waals surface area contributed by atoms with Crippen molar-refractivity contribution in [3.63, 3.8) is 0 Å². The van der Waals surface area contributed by atoms with Crippen LogP contribution in [-0.2, 0) is 9.53 Å². The molecule has 0 aliphatic heterocycles. The number of carbonyl (C=O) groups is 3. The van der Waals surface area contributed by atoms with Gasteiger partial charge in [0.1, 0.15) is 12.1 Å². The first-order chi connectivity index (χ1) is 10.5. The van der Waals surface area contributed by atoms with E-state index in [9.17, 15) is 14.4 Å². The van der Waals surface area contributed by atoms with E-state index < -0.39 is 30.1 Å². The van der Waals surface area contributed by atoms with Crippen molar-refractivity contribution in [2.24, 2.45) is 0 Å². The van der Waals surface area contributed by atoms with Crippen molar-refractivity contribution in [1.82, 2.24) is 5.32 Å². The number of ether oxygens (including phenoxy) is 1. The van der Waals surface area contributed by atoms with E-state index in [4.69, 9.17) is 9.84 Å². The molecule has 0 bridgehead atoms. The average molecular weight is 322 g/mol. The van der Waals surface area contributed by atoms with Crippen LogP contribution in [0.2, 0.25) is 0 Å². The van der Waals surface area contributed by atoms with Gasteiger partial charge in [0.15, 0.2) is 0 Å². The zero-order valence-corrected chi connectivity index (χ0v) is 13.9. The number of hydrogen-bond acceptors (Lipinski definition) is 4. The number of anilines is 1. The third kappa shape index (κ3) is 5.98. The molecule has 0 saturated heterocycles. The fourth-order valence-electron chi connectivity index (χ4n) is 1.77. The number of hydrogen-bond donors (Lipinski definition) is 3. The van der Waals surface area contributed by atoms with Crippen molar-refractivity contribution >= 4 is 23.7 Å². The Labute approximate surface area is 135 Å². The highest BCUT2D eigenvalue weighted by Gasteiger charge is 2.20. The first-order valence-corrected chi connectivity index (χ1v) is 7.11. The molecular formula is C16H22N2O5. The largest absolute Gasteiger partial charge is 0.480 e. The molecule has 0 atom stereocenters. The average Bonchev–Trinajstić information content (AvgIpc) is 2.37. The lowest BCUT2D eigenvalue weighted by atomic mass is 10.0. The van der Waals surface area contributed by atoms with E-state index in [1.165, 1.54) is 0 Å². The molecule has 3 N–H and O–H groups in total.